The van der Waals surface area contributed by atoms with Gasteiger partial charge >= 0.3 is 0 Å². The Hall–Kier alpha value is -1.61. The third-order valence-corrected chi connectivity index (χ3v) is 9.53. The monoisotopic (exact) mass is 384 g/mol. The Morgan fingerprint density at radius 2 is 1.74 bits per heavy atom. The van der Waals surface area contributed by atoms with Crippen LogP contribution in [0.1, 0.15) is 57.4 Å². The van der Waals surface area contributed by atoms with Gasteiger partial charge in [0.25, 0.3) is 0 Å². The van der Waals surface area contributed by atoms with E-state index in [1.807, 2.05) is 37.3 Å². The summed E-state index contributed by atoms with van der Waals surface area (Å²) in [5.74, 6) is 1.29. The molecule has 2 aromatic rings. The first-order chi connectivity index (χ1) is 13.2. The topological polar surface area (TPSA) is 9.23 Å². The van der Waals surface area contributed by atoms with Gasteiger partial charge in [-0.2, -0.15) is 0 Å². The largest absolute Gasteiger partial charge is 0.494 e. The fourth-order valence-electron chi connectivity index (χ4n) is 4.38. The lowest BCUT2D eigenvalue weighted by molar-refractivity contribution is 0.340. The Kier molecular flexibility index (Phi) is 7.51. The number of hydrogen-bond acceptors (Lipinski definition) is 1. The molecule has 3 heteroatoms. The van der Waals surface area contributed by atoms with E-state index >= 15 is 0 Å². The molecule has 3 rings (SSSR count). The zero-order chi connectivity index (χ0) is 19.1. The maximum absolute atomic E-state index is 14.8. The number of ether oxygens (including phenoxy) is 1. The second-order valence-corrected chi connectivity index (χ2v) is 11.4. The van der Waals surface area contributed by atoms with E-state index in [2.05, 4.69) is 13.0 Å². The first-order valence-electron chi connectivity index (χ1n) is 10.7. The van der Waals surface area contributed by atoms with Crippen LogP contribution in [0.4, 0.5) is 4.39 Å². The smallest absolute Gasteiger partial charge is 0.131 e. The van der Waals surface area contributed by atoms with Gasteiger partial charge < -0.3 is 4.74 Å². The first kappa shape index (κ1) is 20.1. The molecule has 1 aliphatic heterocycles. The number of halogens is 1. The van der Waals surface area contributed by atoms with E-state index in [1.165, 1.54) is 55.8 Å². The van der Waals surface area contributed by atoms with Crippen molar-refractivity contribution < 1.29 is 9.13 Å². The SMILES string of the molecule is CCCCC[SiH]1CCC(c2ccc(-c3ccc(OCC)cc3)c(F)c2)CC1. The quantitative estimate of drug-likeness (QED) is 0.346. The zero-order valence-corrected chi connectivity index (χ0v) is 18.0. The van der Waals surface area contributed by atoms with Crippen molar-refractivity contribution in [3.63, 3.8) is 0 Å². The summed E-state index contributed by atoms with van der Waals surface area (Å²) in [5, 5.41) is 0. The second kappa shape index (κ2) is 10.1. The summed E-state index contributed by atoms with van der Waals surface area (Å²) in [4.78, 5) is 0. The van der Waals surface area contributed by atoms with Crippen LogP contribution >= 0.6 is 0 Å². The number of unbranched alkanes of at least 4 members (excludes halogenated alkanes) is 2. The Bertz CT molecular complexity index is 705. The summed E-state index contributed by atoms with van der Waals surface area (Å²) in [6.07, 6.45) is 6.69. The first-order valence-corrected chi connectivity index (χ1v) is 13.2. The van der Waals surface area contributed by atoms with Crippen LogP contribution in [0, 0.1) is 5.82 Å². The molecule has 0 atom stereocenters. The van der Waals surface area contributed by atoms with Crippen molar-refractivity contribution in [2.75, 3.05) is 6.61 Å². The molecule has 0 N–H and O–H groups in total. The summed E-state index contributed by atoms with van der Waals surface area (Å²) in [5.41, 5.74) is 2.79. The van der Waals surface area contributed by atoms with E-state index < -0.39 is 8.80 Å². The standard InChI is InChI=1S/C24H33FOSi/c1-3-5-6-15-27-16-13-19(14-17-27)21-9-12-23(24(25)18-21)20-7-10-22(11-8-20)26-4-2/h7-12,18-19,27H,3-6,13-17H2,1-2H3. The molecule has 146 valence electrons. The third kappa shape index (κ3) is 5.44. The van der Waals surface area contributed by atoms with E-state index in [9.17, 15) is 4.39 Å². The highest BCUT2D eigenvalue weighted by Crippen LogP contribution is 2.37. The minimum absolute atomic E-state index is 0.0982. The molecular weight excluding hydrogens is 351 g/mol. The molecule has 1 heterocycles. The minimum atomic E-state index is -0.508. The van der Waals surface area contributed by atoms with Crippen LogP contribution in [0.2, 0.25) is 18.1 Å². The maximum Gasteiger partial charge on any atom is 0.131 e. The lowest BCUT2D eigenvalue weighted by atomic mass is 9.91. The van der Waals surface area contributed by atoms with Crippen molar-refractivity contribution in [3.8, 4) is 16.9 Å². The van der Waals surface area contributed by atoms with Crippen molar-refractivity contribution in [3.05, 3.63) is 53.8 Å². The third-order valence-electron chi connectivity index (χ3n) is 6.00. The molecular formula is C24H33FOSi. The molecule has 27 heavy (non-hydrogen) atoms. The van der Waals surface area contributed by atoms with Crippen molar-refractivity contribution >= 4 is 8.80 Å². The van der Waals surface area contributed by atoms with Crippen LogP contribution < -0.4 is 4.74 Å². The fraction of sp³-hybridized carbons (Fsp3) is 0.500. The van der Waals surface area contributed by atoms with Gasteiger partial charge in [-0.1, -0.05) is 68.6 Å². The molecule has 0 bridgehead atoms. The van der Waals surface area contributed by atoms with Gasteiger partial charge in [-0.25, -0.2) is 4.39 Å². The van der Waals surface area contributed by atoms with Gasteiger partial charge in [0.05, 0.1) is 6.61 Å². The van der Waals surface area contributed by atoms with Crippen LogP contribution in [0.15, 0.2) is 42.5 Å². The van der Waals surface area contributed by atoms with E-state index in [4.69, 9.17) is 4.74 Å². The highest BCUT2D eigenvalue weighted by Gasteiger charge is 2.23. The highest BCUT2D eigenvalue weighted by atomic mass is 28.3. The summed E-state index contributed by atoms with van der Waals surface area (Å²) < 4.78 is 20.3. The van der Waals surface area contributed by atoms with Crippen LogP contribution in [-0.2, 0) is 0 Å². The summed E-state index contributed by atoms with van der Waals surface area (Å²) >= 11 is 0. The second-order valence-electron chi connectivity index (χ2n) is 7.91. The molecule has 2 aromatic carbocycles. The van der Waals surface area contributed by atoms with Crippen LogP contribution in [0.3, 0.4) is 0 Å². The number of hydrogen-bond donors (Lipinski definition) is 0. The van der Waals surface area contributed by atoms with Crippen molar-refractivity contribution in [2.24, 2.45) is 0 Å². The number of rotatable bonds is 8. The molecule has 0 aromatic heterocycles. The molecule has 0 radical (unpaired) electrons. The van der Waals surface area contributed by atoms with Crippen LogP contribution in [0.5, 0.6) is 5.75 Å². The van der Waals surface area contributed by atoms with Crippen molar-refractivity contribution in [1.29, 1.82) is 0 Å². The molecule has 1 nitrogen and oxygen atoms in total. The molecule has 1 fully saturated rings. The van der Waals surface area contributed by atoms with Gasteiger partial charge in [0.15, 0.2) is 0 Å². The molecule has 0 amide bonds. The molecule has 1 saturated heterocycles. The predicted octanol–water partition coefficient (Wildman–Crippen LogP) is 7.19. The Labute approximate surface area is 165 Å². The predicted molar refractivity (Wildman–Crippen MR) is 116 cm³/mol. The maximum atomic E-state index is 14.8. The summed E-state index contributed by atoms with van der Waals surface area (Å²) in [6, 6.07) is 18.0. The molecule has 0 saturated carbocycles. The molecule has 0 unspecified atom stereocenters. The Morgan fingerprint density at radius 3 is 2.37 bits per heavy atom. The minimum Gasteiger partial charge on any atom is -0.494 e. The average Bonchev–Trinajstić information content (AvgIpc) is 2.70. The van der Waals surface area contributed by atoms with Crippen LogP contribution in [-0.4, -0.2) is 15.4 Å². The van der Waals surface area contributed by atoms with Crippen molar-refractivity contribution in [1.82, 2.24) is 0 Å². The van der Waals surface area contributed by atoms with E-state index in [0.29, 0.717) is 18.1 Å². The normalized spacial score (nSPS) is 19.8. The lowest BCUT2D eigenvalue weighted by Gasteiger charge is -2.28. The van der Waals surface area contributed by atoms with E-state index in [0.717, 1.165) is 11.3 Å². The molecule has 0 spiro atoms. The van der Waals surface area contributed by atoms with Gasteiger partial charge in [-0.05, 0) is 55.0 Å². The van der Waals surface area contributed by atoms with E-state index in [1.54, 1.807) is 6.07 Å². The van der Waals surface area contributed by atoms with Crippen molar-refractivity contribution in [2.45, 2.75) is 70.0 Å². The fourth-order valence-corrected chi connectivity index (χ4v) is 7.86. The Balaban J connectivity index is 1.61. The summed E-state index contributed by atoms with van der Waals surface area (Å²) in [6.45, 7) is 4.89. The van der Waals surface area contributed by atoms with Gasteiger partial charge in [-0.15, -0.1) is 0 Å². The van der Waals surface area contributed by atoms with Gasteiger partial charge in [0, 0.05) is 14.4 Å². The molecule has 1 aliphatic rings. The Morgan fingerprint density at radius 1 is 1.00 bits per heavy atom. The number of benzene rings is 2. The zero-order valence-electron chi connectivity index (χ0n) is 16.8. The lowest BCUT2D eigenvalue weighted by Crippen LogP contribution is -2.20. The molecule has 0 aliphatic carbocycles. The van der Waals surface area contributed by atoms with E-state index in [-0.39, 0.29) is 5.82 Å². The van der Waals surface area contributed by atoms with Crippen LogP contribution in [0.25, 0.3) is 11.1 Å². The summed E-state index contributed by atoms with van der Waals surface area (Å²) in [7, 11) is -0.508. The van der Waals surface area contributed by atoms with Gasteiger partial charge in [0.1, 0.15) is 11.6 Å². The van der Waals surface area contributed by atoms with Gasteiger partial charge in [0.2, 0.25) is 0 Å². The average molecular weight is 385 g/mol. The van der Waals surface area contributed by atoms with Gasteiger partial charge in [-0.3, -0.25) is 0 Å². The highest BCUT2D eigenvalue weighted by molar-refractivity contribution is 6.59.